The number of hydrogen-bond acceptors (Lipinski definition) is 4. The second kappa shape index (κ2) is 7.97. The van der Waals surface area contributed by atoms with E-state index in [4.69, 9.17) is 16.3 Å². The van der Waals surface area contributed by atoms with Crippen LogP contribution in [0.25, 0.3) is 0 Å². The molecule has 1 fully saturated rings. The third-order valence-electron chi connectivity index (χ3n) is 3.60. The highest BCUT2D eigenvalue weighted by Crippen LogP contribution is 2.25. The summed E-state index contributed by atoms with van der Waals surface area (Å²) in [5.74, 6) is 1.17. The van der Waals surface area contributed by atoms with Crippen molar-refractivity contribution in [3.05, 3.63) is 22.8 Å². The van der Waals surface area contributed by atoms with Gasteiger partial charge in [-0.15, -0.1) is 0 Å². The fourth-order valence-electron chi connectivity index (χ4n) is 2.16. The Balaban J connectivity index is 1.75. The molecule has 0 spiro atoms. The Kier molecular flexibility index (Phi) is 6.27. The van der Waals surface area contributed by atoms with Gasteiger partial charge in [0.2, 0.25) is 5.88 Å². The number of aromatic nitrogens is 1. The Morgan fingerprint density at radius 1 is 1.48 bits per heavy atom. The van der Waals surface area contributed by atoms with E-state index in [1.165, 1.54) is 12.8 Å². The van der Waals surface area contributed by atoms with E-state index >= 15 is 0 Å². The number of ether oxygens (including phenoxy) is 1. The summed E-state index contributed by atoms with van der Waals surface area (Å²) in [6.07, 6.45) is 4.46. The van der Waals surface area contributed by atoms with Crippen LogP contribution in [0.4, 0.5) is 0 Å². The molecule has 1 aliphatic rings. The van der Waals surface area contributed by atoms with Crippen molar-refractivity contribution < 1.29 is 4.74 Å². The fraction of sp³-hybridized carbons (Fsp3) is 0.688. The van der Waals surface area contributed by atoms with Crippen LogP contribution in [0.1, 0.15) is 32.3 Å². The minimum atomic E-state index is 0.536. The maximum absolute atomic E-state index is 6.23. The summed E-state index contributed by atoms with van der Waals surface area (Å²) in [5, 5.41) is 3.97. The van der Waals surface area contributed by atoms with Crippen molar-refractivity contribution in [1.29, 1.82) is 0 Å². The van der Waals surface area contributed by atoms with Gasteiger partial charge in [0.25, 0.3) is 0 Å². The molecule has 118 valence electrons. The zero-order valence-electron chi connectivity index (χ0n) is 13.2. The Hall–Kier alpha value is -0.840. The maximum Gasteiger partial charge on any atom is 0.232 e. The number of halogens is 1. The number of likely N-dealkylation sites (N-methyl/N-ethyl adjacent to an activating group) is 1. The molecule has 0 radical (unpaired) electrons. The van der Waals surface area contributed by atoms with Gasteiger partial charge in [-0.1, -0.05) is 25.4 Å². The minimum absolute atomic E-state index is 0.536. The van der Waals surface area contributed by atoms with Crippen molar-refractivity contribution in [2.45, 2.75) is 39.3 Å². The highest BCUT2D eigenvalue weighted by Gasteiger charge is 2.25. The lowest BCUT2D eigenvalue weighted by Crippen LogP contribution is -2.26. The van der Waals surface area contributed by atoms with Crippen LogP contribution < -0.4 is 10.1 Å². The average molecular weight is 312 g/mol. The molecular weight excluding hydrogens is 286 g/mol. The standard InChI is InChI=1S/C16H26ClN3O/c1-12(2)9-18-10-13-8-15(17)16(19-11-13)21-7-6-20(3)14-4-5-14/h8,11-12,14,18H,4-7,9-10H2,1-3H3. The van der Waals surface area contributed by atoms with E-state index in [2.05, 4.69) is 36.1 Å². The molecule has 1 N–H and O–H groups in total. The number of hydrogen-bond donors (Lipinski definition) is 1. The van der Waals surface area contributed by atoms with Gasteiger partial charge < -0.3 is 15.0 Å². The van der Waals surface area contributed by atoms with Gasteiger partial charge in [0, 0.05) is 25.3 Å². The molecule has 1 saturated carbocycles. The van der Waals surface area contributed by atoms with E-state index < -0.39 is 0 Å². The van der Waals surface area contributed by atoms with Crippen LogP contribution in [0, 0.1) is 5.92 Å². The van der Waals surface area contributed by atoms with E-state index in [-0.39, 0.29) is 0 Å². The van der Waals surface area contributed by atoms with Crippen LogP contribution >= 0.6 is 11.6 Å². The predicted molar refractivity (Wildman–Crippen MR) is 86.9 cm³/mol. The summed E-state index contributed by atoms with van der Waals surface area (Å²) < 4.78 is 5.68. The third-order valence-corrected chi connectivity index (χ3v) is 3.87. The van der Waals surface area contributed by atoms with Gasteiger partial charge >= 0.3 is 0 Å². The van der Waals surface area contributed by atoms with Gasteiger partial charge in [0.05, 0.1) is 0 Å². The van der Waals surface area contributed by atoms with Crippen molar-refractivity contribution in [2.24, 2.45) is 5.92 Å². The summed E-state index contributed by atoms with van der Waals surface area (Å²) in [6.45, 7) is 7.70. The molecule has 0 saturated heterocycles. The van der Waals surface area contributed by atoms with Gasteiger partial charge in [0.1, 0.15) is 11.6 Å². The molecular formula is C16H26ClN3O. The van der Waals surface area contributed by atoms with Gasteiger partial charge in [-0.3, -0.25) is 0 Å². The average Bonchev–Trinajstić information content (AvgIpc) is 3.25. The van der Waals surface area contributed by atoms with Gasteiger partial charge in [-0.05, 0) is 44.0 Å². The smallest absolute Gasteiger partial charge is 0.232 e. The molecule has 0 aromatic carbocycles. The van der Waals surface area contributed by atoms with Crippen LogP contribution in [0.5, 0.6) is 5.88 Å². The van der Waals surface area contributed by atoms with Crippen LogP contribution in [-0.2, 0) is 6.54 Å². The van der Waals surface area contributed by atoms with E-state index in [9.17, 15) is 0 Å². The van der Waals surface area contributed by atoms with Crippen molar-refractivity contribution in [2.75, 3.05) is 26.7 Å². The number of pyridine rings is 1. The van der Waals surface area contributed by atoms with Gasteiger partial charge in [-0.25, -0.2) is 4.98 Å². The van der Waals surface area contributed by atoms with E-state index in [1.54, 1.807) is 0 Å². The first-order chi connectivity index (χ1) is 10.1. The van der Waals surface area contributed by atoms with Crippen LogP contribution in [-0.4, -0.2) is 42.7 Å². The van der Waals surface area contributed by atoms with Crippen LogP contribution in [0.15, 0.2) is 12.3 Å². The highest BCUT2D eigenvalue weighted by molar-refractivity contribution is 6.31. The predicted octanol–water partition coefficient (Wildman–Crippen LogP) is 2.95. The summed E-state index contributed by atoms with van der Waals surface area (Å²) in [7, 11) is 2.14. The molecule has 0 amide bonds. The summed E-state index contributed by atoms with van der Waals surface area (Å²) >= 11 is 6.23. The minimum Gasteiger partial charge on any atom is -0.475 e. The molecule has 0 atom stereocenters. The molecule has 4 nitrogen and oxygen atoms in total. The molecule has 5 heteroatoms. The summed E-state index contributed by atoms with van der Waals surface area (Å²) in [4.78, 5) is 6.65. The first-order valence-corrected chi connectivity index (χ1v) is 8.12. The molecule has 0 unspecified atom stereocenters. The van der Waals surface area contributed by atoms with E-state index in [1.807, 2.05) is 12.3 Å². The first kappa shape index (κ1) is 16.5. The van der Waals surface area contributed by atoms with E-state index in [0.717, 1.165) is 31.2 Å². The SMILES string of the molecule is CC(C)CNCc1cnc(OCCN(C)C2CC2)c(Cl)c1. The van der Waals surface area contributed by atoms with Crippen LogP contribution in [0.2, 0.25) is 5.02 Å². The van der Waals surface area contributed by atoms with Crippen molar-refractivity contribution >= 4 is 11.6 Å². The second-order valence-corrected chi connectivity index (χ2v) is 6.62. The zero-order chi connectivity index (χ0) is 15.2. The van der Waals surface area contributed by atoms with Crippen LogP contribution in [0.3, 0.4) is 0 Å². The van der Waals surface area contributed by atoms with Crippen molar-refractivity contribution in [3.63, 3.8) is 0 Å². The molecule has 0 bridgehead atoms. The van der Waals surface area contributed by atoms with E-state index in [0.29, 0.717) is 23.4 Å². The number of rotatable bonds is 9. The first-order valence-electron chi connectivity index (χ1n) is 7.74. The molecule has 2 rings (SSSR count). The topological polar surface area (TPSA) is 37.4 Å². The maximum atomic E-state index is 6.23. The number of nitrogens with one attached hydrogen (secondary N) is 1. The molecule has 21 heavy (non-hydrogen) atoms. The lowest BCUT2D eigenvalue weighted by Gasteiger charge is -2.16. The normalized spacial score (nSPS) is 15.0. The highest BCUT2D eigenvalue weighted by atomic mass is 35.5. The molecule has 1 aromatic heterocycles. The van der Waals surface area contributed by atoms with Crippen molar-refractivity contribution in [1.82, 2.24) is 15.2 Å². The molecule has 0 aliphatic heterocycles. The third kappa shape index (κ3) is 5.81. The Morgan fingerprint density at radius 2 is 2.24 bits per heavy atom. The Labute approximate surface area is 132 Å². The quantitative estimate of drug-likeness (QED) is 0.761. The molecule has 1 heterocycles. The lowest BCUT2D eigenvalue weighted by molar-refractivity contribution is 0.226. The molecule has 1 aromatic rings. The fourth-order valence-corrected chi connectivity index (χ4v) is 2.40. The van der Waals surface area contributed by atoms with Crippen molar-refractivity contribution in [3.8, 4) is 5.88 Å². The second-order valence-electron chi connectivity index (χ2n) is 6.22. The monoisotopic (exact) mass is 311 g/mol. The van der Waals surface area contributed by atoms with Gasteiger partial charge in [0.15, 0.2) is 0 Å². The molecule has 1 aliphatic carbocycles. The number of nitrogens with zero attached hydrogens (tertiary/aromatic N) is 2. The lowest BCUT2D eigenvalue weighted by atomic mass is 10.2. The Bertz CT molecular complexity index is 449. The summed E-state index contributed by atoms with van der Waals surface area (Å²) in [6, 6.07) is 2.69. The van der Waals surface area contributed by atoms with Gasteiger partial charge in [-0.2, -0.15) is 0 Å². The Morgan fingerprint density at radius 3 is 2.86 bits per heavy atom. The largest absolute Gasteiger partial charge is 0.475 e. The summed E-state index contributed by atoms with van der Waals surface area (Å²) in [5.41, 5.74) is 1.09. The zero-order valence-corrected chi connectivity index (χ0v) is 14.0.